The zero-order valence-electron chi connectivity index (χ0n) is 16.0. The van der Waals surface area contributed by atoms with Crippen molar-refractivity contribution < 1.29 is 19.0 Å². The highest BCUT2D eigenvalue weighted by Gasteiger charge is 2.29. The van der Waals surface area contributed by atoms with Gasteiger partial charge in [0.15, 0.2) is 0 Å². The van der Waals surface area contributed by atoms with Crippen molar-refractivity contribution in [1.82, 2.24) is 10.2 Å². The highest BCUT2D eigenvalue weighted by molar-refractivity contribution is 5.97. The fourth-order valence-corrected chi connectivity index (χ4v) is 3.62. The van der Waals surface area contributed by atoms with Crippen molar-refractivity contribution in [2.75, 3.05) is 47.6 Å². The highest BCUT2D eigenvalue weighted by Crippen LogP contribution is 2.30. The molecule has 1 fully saturated rings. The lowest BCUT2D eigenvalue weighted by molar-refractivity contribution is -0.0691. The molecule has 0 saturated carbocycles. The van der Waals surface area contributed by atoms with Crippen LogP contribution in [0.4, 0.5) is 0 Å². The summed E-state index contributed by atoms with van der Waals surface area (Å²) in [7, 11) is 5.65. The quantitative estimate of drug-likeness (QED) is 0.799. The van der Waals surface area contributed by atoms with Gasteiger partial charge in [0.2, 0.25) is 0 Å². The van der Waals surface area contributed by atoms with Crippen molar-refractivity contribution in [2.45, 2.75) is 37.8 Å². The number of aryl methyl sites for hydroxylation is 2. The smallest absolute Gasteiger partial charge is 0.255 e. The lowest BCUT2D eigenvalue weighted by Crippen LogP contribution is -2.50. The number of carbonyl (C=O) groups is 1. The molecule has 1 N–H and O–H groups in total. The lowest BCUT2D eigenvalue weighted by atomic mass is 10.0. The van der Waals surface area contributed by atoms with Crippen LogP contribution in [0.15, 0.2) is 12.1 Å². The molecule has 1 aliphatic heterocycles. The van der Waals surface area contributed by atoms with Crippen LogP contribution in [-0.2, 0) is 22.3 Å². The molecule has 1 heterocycles. The first kappa shape index (κ1) is 19.1. The molecule has 0 bridgehead atoms. The van der Waals surface area contributed by atoms with Gasteiger partial charge < -0.3 is 24.4 Å². The standard InChI is InChI=1S/C20H30N2O4/c1-22(2)8-10-26-19-13-25-9-7-17(19)21-20(23)16-11-14-5-4-6-15(14)12-18(16)24-3/h11-12,17,19H,4-10,13H2,1-3H3,(H,21,23)/t17-,19-/m1/s1. The monoisotopic (exact) mass is 362 g/mol. The molecule has 2 aliphatic rings. The van der Waals surface area contributed by atoms with E-state index in [1.54, 1.807) is 7.11 Å². The summed E-state index contributed by atoms with van der Waals surface area (Å²) in [4.78, 5) is 15.0. The number of likely N-dealkylation sites (N-methyl/N-ethyl adjacent to an activating group) is 1. The summed E-state index contributed by atoms with van der Waals surface area (Å²) in [6.45, 7) is 2.62. The Morgan fingerprint density at radius 2 is 2.08 bits per heavy atom. The Labute approximate surface area is 155 Å². The summed E-state index contributed by atoms with van der Waals surface area (Å²) < 4.78 is 17.0. The van der Waals surface area contributed by atoms with E-state index in [9.17, 15) is 4.79 Å². The molecule has 1 aliphatic carbocycles. The largest absolute Gasteiger partial charge is 0.496 e. The molecule has 0 spiro atoms. The molecule has 144 valence electrons. The molecule has 1 aromatic carbocycles. The van der Waals surface area contributed by atoms with E-state index < -0.39 is 0 Å². The van der Waals surface area contributed by atoms with E-state index in [-0.39, 0.29) is 18.1 Å². The maximum absolute atomic E-state index is 12.9. The number of benzene rings is 1. The molecule has 2 atom stereocenters. The van der Waals surface area contributed by atoms with Crippen LogP contribution in [-0.4, -0.2) is 70.5 Å². The summed E-state index contributed by atoms with van der Waals surface area (Å²) in [5.74, 6) is 0.560. The van der Waals surface area contributed by atoms with Gasteiger partial charge >= 0.3 is 0 Å². The third kappa shape index (κ3) is 4.55. The maximum atomic E-state index is 12.9. The second-order valence-corrected chi connectivity index (χ2v) is 7.33. The van der Waals surface area contributed by atoms with Gasteiger partial charge in [-0.25, -0.2) is 0 Å². The average molecular weight is 362 g/mol. The average Bonchev–Trinajstić information content (AvgIpc) is 3.09. The number of methoxy groups -OCH3 is 1. The van der Waals surface area contributed by atoms with Crippen LogP contribution in [0.1, 0.15) is 34.3 Å². The fourth-order valence-electron chi connectivity index (χ4n) is 3.62. The topological polar surface area (TPSA) is 60.0 Å². The predicted molar refractivity (Wildman–Crippen MR) is 100 cm³/mol. The van der Waals surface area contributed by atoms with Gasteiger partial charge in [-0.1, -0.05) is 0 Å². The zero-order chi connectivity index (χ0) is 18.5. The molecule has 0 unspecified atom stereocenters. The van der Waals surface area contributed by atoms with Crippen molar-refractivity contribution in [2.24, 2.45) is 0 Å². The molecule has 1 saturated heterocycles. The number of hydrogen-bond donors (Lipinski definition) is 1. The number of nitrogens with one attached hydrogen (secondary N) is 1. The Kier molecular flexibility index (Phi) is 6.51. The maximum Gasteiger partial charge on any atom is 0.255 e. The first-order valence-corrected chi connectivity index (χ1v) is 9.43. The molecule has 6 heteroatoms. The molecule has 1 amide bonds. The number of fused-ring (bicyclic) bond motifs is 1. The van der Waals surface area contributed by atoms with Gasteiger partial charge in [-0.3, -0.25) is 4.79 Å². The van der Waals surface area contributed by atoms with Crippen LogP contribution < -0.4 is 10.1 Å². The summed E-state index contributed by atoms with van der Waals surface area (Å²) in [6, 6.07) is 3.97. The Morgan fingerprint density at radius 1 is 1.31 bits per heavy atom. The summed E-state index contributed by atoms with van der Waals surface area (Å²) in [6.07, 6.45) is 3.88. The summed E-state index contributed by atoms with van der Waals surface area (Å²) in [5.41, 5.74) is 3.18. The van der Waals surface area contributed by atoms with Gasteiger partial charge in [0.25, 0.3) is 5.91 Å². The summed E-state index contributed by atoms with van der Waals surface area (Å²) >= 11 is 0. The van der Waals surface area contributed by atoms with E-state index in [0.717, 1.165) is 32.2 Å². The Hall–Kier alpha value is -1.63. The van der Waals surface area contributed by atoms with Crippen molar-refractivity contribution in [3.8, 4) is 5.75 Å². The second-order valence-electron chi connectivity index (χ2n) is 7.33. The Morgan fingerprint density at radius 3 is 2.81 bits per heavy atom. The van der Waals surface area contributed by atoms with Crippen LogP contribution in [0, 0.1) is 0 Å². The van der Waals surface area contributed by atoms with Gasteiger partial charge in [0.1, 0.15) is 11.9 Å². The second kappa shape index (κ2) is 8.84. The van der Waals surface area contributed by atoms with Crippen LogP contribution >= 0.6 is 0 Å². The molecule has 3 rings (SSSR count). The normalized spacial score (nSPS) is 22.3. The van der Waals surface area contributed by atoms with Crippen LogP contribution in [0.2, 0.25) is 0 Å². The number of hydrogen-bond acceptors (Lipinski definition) is 5. The number of ether oxygens (including phenoxy) is 3. The van der Waals surface area contributed by atoms with Gasteiger partial charge in [-0.05, 0) is 63.0 Å². The van der Waals surface area contributed by atoms with E-state index in [2.05, 4.69) is 10.2 Å². The number of amides is 1. The molecule has 1 aromatic rings. The third-order valence-electron chi connectivity index (χ3n) is 5.15. The van der Waals surface area contributed by atoms with Crippen LogP contribution in [0.5, 0.6) is 5.75 Å². The van der Waals surface area contributed by atoms with Gasteiger partial charge in [-0.15, -0.1) is 0 Å². The van der Waals surface area contributed by atoms with Crippen LogP contribution in [0.3, 0.4) is 0 Å². The van der Waals surface area contributed by atoms with Crippen molar-refractivity contribution in [3.63, 3.8) is 0 Å². The minimum atomic E-state index is -0.118. The minimum absolute atomic E-state index is 0.0450. The SMILES string of the molecule is COc1cc2c(cc1C(=O)N[C@@H]1CCOC[C@H]1OCCN(C)C)CCC2. The molecule has 0 aromatic heterocycles. The fraction of sp³-hybridized carbons (Fsp3) is 0.650. The van der Waals surface area contributed by atoms with Crippen LogP contribution in [0.25, 0.3) is 0 Å². The van der Waals surface area contributed by atoms with Crippen molar-refractivity contribution in [1.29, 1.82) is 0 Å². The third-order valence-corrected chi connectivity index (χ3v) is 5.15. The van der Waals surface area contributed by atoms with E-state index in [1.807, 2.05) is 26.2 Å². The highest BCUT2D eigenvalue weighted by atomic mass is 16.5. The first-order valence-electron chi connectivity index (χ1n) is 9.43. The molecule has 6 nitrogen and oxygen atoms in total. The molecular weight excluding hydrogens is 332 g/mol. The molecular formula is C20H30N2O4. The van der Waals surface area contributed by atoms with Gasteiger partial charge in [0, 0.05) is 13.2 Å². The molecule has 0 radical (unpaired) electrons. The minimum Gasteiger partial charge on any atom is -0.496 e. The van der Waals surface area contributed by atoms with Gasteiger partial charge in [0.05, 0.1) is 31.9 Å². The lowest BCUT2D eigenvalue weighted by Gasteiger charge is -2.32. The summed E-state index contributed by atoms with van der Waals surface area (Å²) in [5, 5.41) is 3.15. The Balaban J connectivity index is 1.67. The predicted octanol–water partition coefficient (Wildman–Crippen LogP) is 1.65. The number of rotatable bonds is 7. The van der Waals surface area contributed by atoms with Crippen molar-refractivity contribution in [3.05, 3.63) is 28.8 Å². The molecule has 26 heavy (non-hydrogen) atoms. The van der Waals surface area contributed by atoms with E-state index in [0.29, 0.717) is 31.1 Å². The van der Waals surface area contributed by atoms with E-state index in [4.69, 9.17) is 14.2 Å². The van der Waals surface area contributed by atoms with Gasteiger partial charge in [-0.2, -0.15) is 0 Å². The van der Waals surface area contributed by atoms with Crippen molar-refractivity contribution >= 4 is 5.91 Å². The first-order chi connectivity index (χ1) is 12.6. The number of carbonyl (C=O) groups excluding carboxylic acids is 1. The van der Waals surface area contributed by atoms with E-state index >= 15 is 0 Å². The van der Waals surface area contributed by atoms with E-state index in [1.165, 1.54) is 11.1 Å². The number of nitrogens with zero attached hydrogens (tertiary/aromatic N) is 1. The Bertz CT molecular complexity index is 632. The zero-order valence-corrected chi connectivity index (χ0v) is 16.0.